The number of rotatable bonds is 4. The average Bonchev–Trinajstić information content (AvgIpc) is 2.14. The molecular formula is C11H15BrO2. The summed E-state index contributed by atoms with van der Waals surface area (Å²) in [5.41, 5.74) is 1.13. The van der Waals surface area contributed by atoms with Crippen molar-refractivity contribution in [3.63, 3.8) is 0 Å². The molecule has 0 radical (unpaired) electrons. The number of benzene rings is 1. The first-order valence-corrected chi connectivity index (χ1v) is 5.44. The molecule has 0 saturated heterocycles. The number of aliphatic hydroxyl groups excluding tert-OH is 1. The van der Waals surface area contributed by atoms with Crippen molar-refractivity contribution in [3.05, 3.63) is 28.2 Å². The third-order valence-electron chi connectivity index (χ3n) is 2.08. The Morgan fingerprint density at radius 1 is 1.50 bits per heavy atom. The van der Waals surface area contributed by atoms with Crippen LogP contribution in [0.4, 0.5) is 0 Å². The Bertz CT molecular complexity index is 297. The molecule has 1 atom stereocenters. The molecule has 0 spiro atoms. The van der Waals surface area contributed by atoms with Crippen molar-refractivity contribution in [2.75, 3.05) is 7.11 Å². The normalized spacial score (nSPS) is 12.6. The summed E-state index contributed by atoms with van der Waals surface area (Å²) in [6.07, 6.45) is 1.33. The lowest BCUT2D eigenvalue weighted by atomic mass is 10.1. The molecule has 1 rings (SSSR count). The van der Waals surface area contributed by atoms with Crippen LogP contribution in [0.5, 0.6) is 5.75 Å². The van der Waals surface area contributed by atoms with Crippen LogP contribution in [-0.4, -0.2) is 18.3 Å². The van der Waals surface area contributed by atoms with Crippen LogP contribution in [0.1, 0.15) is 18.9 Å². The van der Waals surface area contributed by atoms with Gasteiger partial charge in [-0.25, -0.2) is 0 Å². The SMILES string of the molecule is COc1c(Br)cccc1CC[C@H](C)O. The van der Waals surface area contributed by atoms with Crippen LogP contribution in [0.3, 0.4) is 0 Å². The maximum atomic E-state index is 9.19. The van der Waals surface area contributed by atoms with Crippen LogP contribution in [0.25, 0.3) is 0 Å². The van der Waals surface area contributed by atoms with E-state index in [1.807, 2.05) is 18.2 Å². The van der Waals surface area contributed by atoms with Crippen molar-refractivity contribution in [3.8, 4) is 5.75 Å². The summed E-state index contributed by atoms with van der Waals surface area (Å²) in [6.45, 7) is 1.80. The summed E-state index contributed by atoms with van der Waals surface area (Å²) in [7, 11) is 1.66. The molecule has 1 N–H and O–H groups in total. The predicted octanol–water partition coefficient (Wildman–Crippen LogP) is 2.77. The summed E-state index contributed by atoms with van der Waals surface area (Å²) in [6, 6.07) is 5.95. The molecule has 0 aliphatic heterocycles. The average molecular weight is 259 g/mol. The van der Waals surface area contributed by atoms with E-state index in [4.69, 9.17) is 4.74 Å². The summed E-state index contributed by atoms with van der Waals surface area (Å²) >= 11 is 3.43. The number of halogens is 1. The molecule has 0 aromatic heterocycles. The Morgan fingerprint density at radius 2 is 2.21 bits per heavy atom. The fraction of sp³-hybridized carbons (Fsp3) is 0.455. The third kappa shape index (κ3) is 3.00. The maximum Gasteiger partial charge on any atom is 0.136 e. The summed E-state index contributed by atoms with van der Waals surface area (Å²) < 4.78 is 6.24. The highest BCUT2D eigenvalue weighted by atomic mass is 79.9. The first kappa shape index (κ1) is 11.5. The molecule has 78 valence electrons. The highest BCUT2D eigenvalue weighted by Gasteiger charge is 2.07. The molecule has 0 heterocycles. The number of aryl methyl sites for hydroxylation is 1. The van der Waals surface area contributed by atoms with Gasteiger partial charge in [0.2, 0.25) is 0 Å². The third-order valence-corrected chi connectivity index (χ3v) is 2.71. The highest BCUT2D eigenvalue weighted by Crippen LogP contribution is 2.29. The van der Waals surface area contributed by atoms with E-state index in [1.54, 1.807) is 14.0 Å². The van der Waals surface area contributed by atoms with Gasteiger partial charge in [0.1, 0.15) is 5.75 Å². The second-order valence-electron chi connectivity index (χ2n) is 3.32. The first-order chi connectivity index (χ1) is 6.65. The van der Waals surface area contributed by atoms with E-state index < -0.39 is 0 Å². The lowest BCUT2D eigenvalue weighted by Gasteiger charge is -2.10. The summed E-state index contributed by atoms with van der Waals surface area (Å²) in [5, 5.41) is 9.19. The Kier molecular flexibility index (Phi) is 4.42. The lowest BCUT2D eigenvalue weighted by molar-refractivity contribution is 0.184. The highest BCUT2D eigenvalue weighted by molar-refractivity contribution is 9.10. The molecule has 1 aromatic carbocycles. The van der Waals surface area contributed by atoms with Crippen molar-refractivity contribution < 1.29 is 9.84 Å². The van der Waals surface area contributed by atoms with Crippen LogP contribution in [-0.2, 0) is 6.42 Å². The van der Waals surface area contributed by atoms with E-state index in [0.29, 0.717) is 0 Å². The summed E-state index contributed by atoms with van der Waals surface area (Å²) in [4.78, 5) is 0. The number of methoxy groups -OCH3 is 1. The Morgan fingerprint density at radius 3 is 2.79 bits per heavy atom. The Hall–Kier alpha value is -0.540. The number of aliphatic hydroxyl groups is 1. The molecule has 0 aliphatic carbocycles. The minimum Gasteiger partial charge on any atom is -0.495 e. The van der Waals surface area contributed by atoms with E-state index in [1.165, 1.54) is 0 Å². The van der Waals surface area contributed by atoms with Crippen molar-refractivity contribution in [1.29, 1.82) is 0 Å². The molecule has 0 saturated carbocycles. The molecule has 0 unspecified atom stereocenters. The van der Waals surface area contributed by atoms with Gasteiger partial charge in [0, 0.05) is 0 Å². The van der Waals surface area contributed by atoms with Crippen LogP contribution < -0.4 is 4.74 Å². The van der Waals surface area contributed by atoms with Gasteiger partial charge in [0.15, 0.2) is 0 Å². The molecule has 0 aliphatic rings. The molecule has 0 amide bonds. The van der Waals surface area contributed by atoms with E-state index >= 15 is 0 Å². The van der Waals surface area contributed by atoms with Gasteiger partial charge in [-0.15, -0.1) is 0 Å². The van der Waals surface area contributed by atoms with Gasteiger partial charge >= 0.3 is 0 Å². The molecular weight excluding hydrogens is 244 g/mol. The minimum atomic E-state index is -0.265. The zero-order valence-corrected chi connectivity index (χ0v) is 10.0. The smallest absolute Gasteiger partial charge is 0.136 e. The van der Waals surface area contributed by atoms with Crippen molar-refractivity contribution in [2.45, 2.75) is 25.9 Å². The van der Waals surface area contributed by atoms with Gasteiger partial charge in [0.05, 0.1) is 17.7 Å². The van der Waals surface area contributed by atoms with Crippen LogP contribution >= 0.6 is 15.9 Å². The van der Waals surface area contributed by atoms with Crippen molar-refractivity contribution >= 4 is 15.9 Å². The van der Waals surface area contributed by atoms with E-state index in [2.05, 4.69) is 15.9 Å². The summed E-state index contributed by atoms with van der Waals surface area (Å²) in [5.74, 6) is 0.869. The number of ether oxygens (including phenoxy) is 1. The van der Waals surface area contributed by atoms with Gasteiger partial charge < -0.3 is 9.84 Å². The first-order valence-electron chi connectivity index (χ1n) is 4.64. The second-order valence-corrected chi connectivity index (χ2v) is 4.17. The monoisotopic (exact) mass is 258 g/mol. The van der Waals surface area contributed by atoms with Gasteiger partial charge in [-0.05, 0) is 47.3 Å². The van der Waals surface area contributed by atoms with Crippen LogP contribution in [0, 0.1) is 0 Å². The predicted molar refractivity (Wildman–Crippen MR) is 60.7 cm³/mol. The fourth-order valence-corrected chi connectivity index (χ4v) is 1.91. The largest absolute Gasteiger partial charge is 0.495 e. The minimum absolute atomic E-state index is 0.265. The molecule has 0 fully saturated rings. The van der Waals surface area contributed by atoms with Gasteiger partial charge in [-0.2, -0.15) is 0 Å². The van der Waals surface area contributed by atoms with E-state index in [0.717, 1.165) is 28.6 Å². The van der Waals surface area contributed by atoms with Crippen molar-refractivity contribution in [1.82, 2.24) is 0 Å². The van der Waals surface area contributed by atoms with Gasteiger partial charge in [0.25, 0.3) is 0 Å². The molecule has 0 bridgehead atoms. The zero-order chi connectivity index (χ0) is 10.6. The molecule has 2 nitrogen and oxygen atoms in total. The fourth-order valence-electron chi connectivity index (χ4n) is 1.34. The van der Waals surface area contributed by atoms with Gasteiger partial charge in [-0.3, -0.25) is 0 Å². The van der Waals surface area contributed by atoms with Crippen LogP contribution in [0.15, 0.2) is 22.7 Å². The van der Waals surface area contributed by atoms with E-state index in [9.17, 15) is 5.11 Å². The number of para-hydroxylation sites is 1. The van der Waals surface area contributed by atoms with E-state index in [-0.39, 0.29) is 6.10 Å². The molecule has 3 heteroatoms. The van der Waals surface area contributed by atoms with Crippen LogP contribution in [0.2, 0.25) is 0 Å². The van der Waals surface area contributed by atoms with Crippen molar-refractivity contribution in [2.24, 2.45) is 0 Å². The van der Waals surface area contributed by atoms with Gasteiger partial charge in [-0.1, -0.05) is 12.1 Å². The lowest BCUT2D eigenvalue weighted by Crippen LogP contribution is -2.02. The topological polar surface area (TPSA) is 29.5 Å². The second kappa shape index (κ2) is 5.37. The number of hydrogen-bond donors (Lipinski definition) is 1. The standard InChI is InChI=1S/C11H15BrO2/c1-8(13)6-7-9-4-3-5-10(12)11(9)14-2/h3-5,8,13H,6-7H2,1-2H3/t8-/m0/s1. The zero-order valence-electron chi connectivity index (χ0n) is 8.46. The Balaban J connectivity index is 2.80. The quantitative estimate of drug-likeness (QED) is 0.900. The molecule has 1 aromatic rings. The maximum absolute atomic E-state index is 9.19. The Labute approximate surface area is 93.0 Å². The molecule has 14 heavy (non-hydrogen) atoms. The number of hydrogen-bond acceptors (Lipinski definition) is 2.